The van der Waals surface area contributed by atoms with Gasteiger partial charge in [0.15, 0.2) is 0 Å². The normalized spacial score (nSPS) is 23.0. The van der Waals surface area contributed by atoms with Crippen LogP contribution >= 0.6 is 27.3 Å². The van der Waals surface area contributed by atoms with Crippen LogP contribution in [0.15, 0.2) is 20.8 Å². The van der Waals surface area contributed by atoms with E-state index in [1.165, 1.54) is 34.3 Å². The van der Waals surface area contributed by atoms with Crippen LogP contribution in [0.2, 0.25) is 0 Å². The zero-order chi connectivity index (χ0) is 9.97. The third-order valence-electron chi connectivity index (χ3n) is 2.64. The molecule has 76 valence electrons. The van der Waals surface area contributed by atoms with Gasteiger partial charge in [0, 0.05) is 6.04 Å². The predicted molar refractivity (Wildman–Crippen MR) is 66.7 cm³/mol. The second-order valence-corrected chi connectivity index (χ2v) is 5.92. The molecule has 1 unspecified atom stereocenters. The summed E-state index contributed by atoms with van der Waals surface area (Å²) in [4.78, 5) is 0. The summed E-state index contributed by atoms with van der Waals surface area (Å²) in [7, 11) is 0. The van der Waals surface area contributed by atoms with Gasteiger partial charge in [-0.05, 0) is 59.2 Å². The van der Waals surface area contributed by atoms with E-state index in [4.69, 9.17) is 0 Å². The predicted octanol–water partition coefficient (Wildman–Crippen LogP) is 3.67. The number of thiophene rings is 1. The summed E-state index contributed by atoms with van der Waals surface area (Å²) < 4.78 is 1.23. The molecule has 14 heavy (non-hydrogen) atoms. The third kappa shape index (κ3) is 2.27. The van der Waals surface area contributed by atoms with Crippen molar-refractivity contribution in [1.82, 2.24) is 5.32 Å². The van der Waals surface area contributed by atoms with Gasteiger partial charge >= 0.3 is 0 Å². The topological polar surface area (TPSA) is 12.0 Å². The van der Waals surface area contributed by atoms with Crippen LogP contribution in [-0.2, 0) is 0 Å². The van der Waals surface area contributed by atoms with Crippen LogP contribution in [-0.4, -0.2) is 12.6 Å². The second kappa shape index (κ2) is 4.60. The summed E-state index contributed by atoms with van der Waals surface area (Å²) in [6, 6.07) is 2.76. The van der Waals surface area contributed by atoms with E-state index in [0.717, 1.165) is 0 Å². The van der Waals surface area contributed by atoms with Crippen molar-refractivity contribution < 1.29 is 0 Å². The molecule has 0 aliphatic carbocycles. The quantitative estimate of drug-likeness (QED) is 0.866. The van der Waals surface area contributed by atoms with E-state index in [1.54, 1.807) is 11.3 Å². The Labute approximate surface area is 97.3 Å². The van der Waals surface area contributed by atoms with Gasteiger partial charge in [-0.15, -0.1) is 11.3 Å². The van der Waals surface area contributed by atoms with E-state index < -0.39 is 0 Å². The SMILES string of the molecule is C/C(=C/c1ccsc1Br)C1CCCN1. The number of hydrogen-bond acceptors (Lipinski definition) is 2. The summed E-state index contributed by atoms with van der Waals surface area (Å²) in [5.41, 5.74) is 2.75. The maximum absolute atomic E-state index is 3.56. The molecule has 1 aliphatic rings. The van der Waals surface area contributed by atoms with Gasteiger partial charge in [0.2, 0.25) is 0 Å². The smallest absolute Gasteiger partial charge is 0.0770 e. The van der Waals surface area contributed by atoms with Crippen LogP contribution in [0.4, 0.5) is 0 Å². The molecule has 1 nitrogen and oxygen atoms in total. The molecule has 0 aromatic carbocycles. The summed E-state index contributed by atoms with van der Waals surface area (Å²) >= 11 is 5.30. The monoisotopic (exact) mass is 271 g/mol. The molecule has 0 radical (unpaired) electrons. The van der Waals surface area contributed by atoms with Crippen molar-refractivity contribution in [2.75, 3.05) is 6.54 Å². The van der Waals surface area contributed by atoms with Crippen molar-refractivity contribution in [2.45, 2.75) is 25.8 Å². The molecule has 1 N–H and O–H groups in total. The van der Waals surface area contributed by atoms with E-state index in [2.05, 4.69) is 45.7 Å². The molecule has 0 spiro atoms. The molecule has 1 fully saturated rings. The molecule has 0 amide bonds. The lowest BCUT2D eigenvalue weighted by Crippen LogP contribution is -2.22. The maximum atomic E-state index is 3.56. The van der Waals surface area contributed by atoms with Gasteiger partial charge in [0.25, 0.3) is 0 Å². The van der Waals surface area contributed by atoms with Crippen molar-refractivity contribution in [3.63, 3.8) is 0 Å². The van der Waals surface area contributed by atoms with Gasteiger partial charge in [0.1, 0.15) is 0 Å². The van der Waals surface area contributed by atoms with Crippen molar-refractivity contribution >= 4 is 33.3 Å². The average molecular weight is 272 g/mol. The first kappa shape index (κ1) is 10.4. The van der Waals surface area contributed by atoms with Crippen LogP contribution in [0, 0.1) is 0 Å². The number of nitrogens with one attached hydrogen (secondary N) is 1. The van der Waals surface area contributed by atoms with E-state index in [0.29, 0.717) is 6.04 Å². The lowest BCUT2D eigenvalue weighted by Gasteiger charge is -2.10. The zero-order valence-corrected chi connectivity index (χ0v) is 10.6. The van der Waals surface area contributed by atoms with Crippen LogP contribution in [0.1, 0.15) is 25.3 Å². The van der Waals surface area contributed by atoms with Crippen LogP contribution in [0.5, 0.6) is 0 Å². The Morgan fingerprint density at radius 1 is 1.71 bits per heavy atom. The maximum Gasteiger partial charge on any atom is 0.0770 e. The van der Waals surface area contributed by atoms with Gasteiger partial charge in [-0.1, -0.05) is 11.6 Å². The summed E-state index contributed by atoms with van der Waals surface area (Å²) in [5.74, 6) is 0. The van der Waals surface area contributed by atoms with E-state index in [-0.39, 0.29) is 0 Å². The van der Waals surface area contributed by atoms with Crippen molar-refractivity contribution in [3.05, 3.63) is 26.4 Å². The fourth-order valence-electron chi connectivity index (χ4n) is 1.82. The second-order valence-electron chi connectivity index (χ2n) is 3.69. The highest BCUT2D eigenvalue weighted by Gasteiger charge is 2.15. The van der Waals surface area contributed by atoms with Crippen LogP contribution in [0.3, 0.4) is 0 Å². The molecule has 2 heterocycles. The van der Waals surface area contributed by atoms with Gasteiger partial charge in [-0.25, -0.2) is 0 Å². The zero-order valence-electron chi connectivity index (χ0n) is 8.22. The molecule has 0 saturated carbocycles. The Kier molecular flexibility index (Phi) is 3.42. The number of rotatable bonds is 2. The van der Waals surface area contributed by atoms with Crippen molar-refractivity contribution in [2.24, 2.45) is 0 Å². The highest BCUT2D eigenvalue weighted by molar-refractivity contribution is 9.11. The lowest BCUT2D eigenvalue weighted by atomic mass is 10.1. The number of hydrogen-bond donors (Lipinski definition) is 1. The molecular formula is C11H14BrNS. The largest absolute Gasteiger partial charge is 0.310 e. The minimum Gasteiger partial charge on any atom is -0.310 e. The molecule has 1 saturated heterocycles. The minimum absolute atomic E-state index is 0.599. The molecule has 0 bridgehead atoms. The molecule has 1 aromatic rings. The Hall–Kier alpha value is -0.120. The van der Waals surface area contributed by atoms with Crippen molar-refractivity contribution in [1.29, 1.82) is 0 Å². The Morgan fingerprint density at radius 2 is 2.57 bits per heavy atom. The fourth-order valence-corrected chi connectivity index (χ4v) is 2.99. The van der Waals surface area contributed by atoms with E-state index in [1.807, 2.05) is 0 Å². The summed E-state index contributed by atoms with van der Waals surface area (Å²) in [5, 5.41) is 5.62. The molecule has 1 aliphatic heterocycles. The first-order valence-corrected chi connectivity index (χ1v) is 6.59. The van der Waals surface area contributed by atoms with Crippen molar-refractivity contribution in [3.8, 4) is 0 Å². The molecule has 2 rings (SSSR count). The first-order chi connectivity index (χ1) is 6.77. The summed E-state index contributed by atoms with van der Waals surface area (Å²) in [6.07, 6.45) is 4.87. The Bertz CT molecular complexity index is 337. The first-order valence-electron chi connectivity index (χ1n) is 4.92. The van der Waals surface area contributed by atoms with Gasteiger partial charge in [-0.3, -0.25) is 0 Å². The number of halogens is 1. The fraction of sp³-hybridized carbons (Fsp3) is 0.455. The van der Waals surface area contributed by atoms with E-state index >= 15 is 0 Å². The van der Waals surface area contributed by atoms with Gasteiger partial charge in [0.05, 0.1) is 3.79 Å². The third-order valence-corrected chi connectivity index (χ3v) is 4.37. The van der Waals surface area contributed by atoms with Gasteiger partial charge < -0.3 is 5.32 Å². The van der Waals surface area contributed by atoms with Gasteiger partial charge in [-0.2, -0.15) is 0 Å². The summed E-state index contributed by atoms with van der Waals surface area (Å²) in [6.45, 7) is 3.38. The molecule has 3 heteroatoms. The minimum atomic E-state index is 0.599. The van der Waals surface area contributed by atoms with E-state index in [9.17, 15) is 0 Å². The lowest BCUT2D eigenvalue weighted by molar-refractivity contribution is 0.693. The molecular weight excluding hydrogens is 258 g/mol. The van der Waals surface area contributed by atoms with Crippen LogP contribution in [0.25, 0.3) is 6.08 Å². The average Bonchev–Trinajstić information content (AvgIpc) is 2.77. The molecule has 1 atom stereocenters. The molecule has 1 aromatic heterocycles. The van der Waals surface area contributed by atoms with Crippen LogP contribution < -0.4 is 5.32 Å². The highest BCUT2D eigenvalue weighted by atomic mass is 79.9. The highest BCUT2D eigenvalue weighted by Crippen LogP contribution is 2.26. The Morgan fingerprint density at radius 3 is 3.14 bits per heavy atom. The standard InChI is InChI=1S/C11H14BrNS/c1-8(10-3-2-5-13-10)7-9-4-6-14-11(9)12/h4,6-7,10,13H,2-3,5H2,1H3/b8-7-. The Balaban J connectivity index is 2.13.